The van der Waals surface area contributed by atoms with Crippen LogP contribution in [0.2, 0.25) is 0 Å². The van der Waals surface area contributed by atoms with Crippen molar-refractivity contribution >= 4 is 48.2 Å². The van der Waals surface area contributed by atoms with E-state index in [0.717, 1.165) is 10.2 Å². The topological polar surface area (TPSA) is 102 Å². The molecule has 12 heteroatoms. The Morgan fingerprint density at radius 1 is 1.38 bits per heavy atom. The fraction of sp³-hybridized carbons (Fsp3) is 0.353. The Bertz CT molecular complexity index is 1130. The van der Waals surface area contributed by atoms with Gasteiger partial charge in [-0.05, 0) is 35.3 Å². The van der Waals surface area contributed by atoms with Gasteiger partial charge < -0.3 is 14.6 Å². The zero-order chi connectivity index (χ0) is 20.6. The third-order valence-electron chi connectivity index (χ3n) is 4.35. The number of halogens is 1. The van der Waals surface area contributed by atoms with Gasteiger partial charge in [-0.3, -0.25) is 0 Å². The smallest absolute Gasteiger partial charge is 0.262 e. The summed E-state index contributed by atoms with van der Waals surface area (Å²) in [5, 5.41) is 5.88. The van der Waals surface area contributed by atoms with Gasteiger partial charge in [-0.25, -0.2) is 23.4 Å². The van der Waals surface area contributed by atoms with Crippen LogP contribution in [0.5, 0.6) is 5.75 Å². The van der Waals surface area contributed by atoms with Crippen LogP contribution in [-0.2, 0) is 17.1 Å². The van der Waals surface area contributed by atoms with Crippen molar-refractivity contribution < 1.29 is 13.2 Å². The van der Waals surface area contributed by atoms with Crippen molar-refractivity contribution in [2.45, 2.75) is 24.5 Å². The van der Waals surface area contributed by atoms with E-state index in [1.54, 1.807) is 17.8 Å². The minimum atomic E-state index is -3.63. The second-order valence-electron chi connectivity index (χ2n) is 6.69. The molecule has 0 spiro atoms. The molecular weight excluding hydrogens is 480 g/mol. The van der Waals surface area contributed by atoms with E-state index in [-0.39, 0.29) is 17.7 Å². The lowest BCUT2D eigenvalue weighted by molar-refractivity contribution is 0.216. The lowest BCUT2D eigenvalue weighted by atomic mass is 10.3. The second kappa shape index (κ2) is 8.01. The zero-order valence-electron chi connectivity index (χ0n) is 15.7. The number of rotatable bonds is 6. The first-order chi connectivity index (χ1) is 13.8. The fourth-order valence-corrected chi connectivity index (χ4v) is 5.41. The van der Waals surface area contributed by atoms with Gasteiger partial charge in [-0.15, -0.1) is 11.3 Å². The number of sulfonamides is 1. The number of pyridine rings is 1. The molecule has 0 radical (unpaired) electrons. The Balaban J connectivity index is 1.49. The van der Waals surface area contributed by atoms with Gasteiger partial charge in [0, 0.05) is 35.8 Å². The molecule has 4 heterocycles. The van der Waals surface area contributed by atoms with Crippen LogP contribution in [0.3, 0.4) is 0 Å². The van der Waals surface area contributed by atoms with E-state index < -0.39 is 10.0 Å². The number of aromatic nitrogens is 4. The van der Waals surface area contributed by atoms with E-state index in [9.17, 15) is 8.42 Å². The molecular formula is C17H19BrN6O3S2. The SMILES string of the molecule is Cc1csc(Nc2ncc(Br)cc2OC2CCN(S(=O)(=O)c3cn(C)cn3)C2)n1. The van der Waals surface area contributed by atoms with Crippen LogP contribution in [0.15, 0.2) is 39.7 Å². The summed E-state index contributed by atoms with van der Waals surface area (Å²) in [6.45, 7) is 2.55. The number of anilines is 2. The van der Waals surface area contributed by atoms with Gasteiger partial charge in [0.1, 0.15) is 6.10 Å². The molecule has 154 valence electrons. The van der Waals surface area contributed by atoms with Gasteiger partial charge >= 0.3 is 0 Å². The predicted molar refractivity (Wildman–Crippen MR) is 113 cm³/mol. The molecule has 0 aliphatic carbocycles. The molecule has 4 rings (SSSR count). The van der Waals surface area contributed by atoms with Gasteiger partial charge in [0.25, 0.3) is 10.0 Å². The standard InChI is InChI=1S/C17H19BrN6O3S2/c1-11-9-28-17(21-11)22-16-14(5-12(18)6-19-16)27-13-3-4-24(7-13)29(25,26)15-8-23(2)10-20-15/h5-6,8-10,13H,3-4,7H2,1-2H3,(H,19,21,22). The van der Waals surface area contributed by atoms with Crippen molar-refractivity contribution in [2.75, 3.05) is 18.4 Å². The van der Waals surface area contributed by atoms with Gasteiger partial charge in [0.15, 0.2) is 21.7 Å². The molecule has 0 amide bonds. The van der Waals surface area contributed by atoms with Gasteiger partial charge in [-0.1, -0.05) is 0 Å². The number of imidazole rings is 1. The number of hydrogen-bond donors (Lipinski definition) is 1. The van der Waals surface area contributed by atoms with Crippen LogP contribution in [0, 0.1) is 6.92 Å². The molecule has 1 fully saturated rings. The number of nitrogens with one attached hydrogen (secondary N) is 1. The average Bonchev–Trinajstić information content (AvgIpc) is 3.39. The number of thiazole rings is 1. The first kappa shape index (κ1) is 20.3. The quantitative estimate of drug-likeness (QED) is 0.557. The number of aryl methyl sites for hydroxylation is 2. The van der Waals surface area contributed by atoms with Gasteiger partial charge in [0.2, 0.25) is 0 Å². The largest absolute Gasteiger partial charge is 0.485 e. The molecule has 29 heavy (non-hydrogen) atoms. The molecule has 1 N–H and O–H groups in total. The minimum absolute atomic E-state index is 0.0475. The summed E-state index contributed by atoms with van der Waals surface area (Å²) in [5.41, 5.74) is 0.920. The maximum Gasteiger partial charge on any atom is 0.262 e. The zero-order valence-corrected chi connectivity index (χ0v) is 19.0. The van der Waals surface area contributed by atoms with E-state index >= 15 is 0 Å². The Morgan fingerprint density at radius 3 is 2.90 bits per heavy atom. The molecule has 9 nitrogen and oxygen atoms in total. The summed E-state index contributed by atoms with van der Waals surface area (Å²) in [7, 11) is -1.90. The summed E-state index contributed by atoms with van der Waals surface area (Å²) in [6, 6.07) is 1.81. The van der Waals surface area contributed by atoms with Crippen LogP contribution >= 0.6 is 27.3 Å². The lowest BCUT2D eigenvalue weighted by Crippen LogP contribution is -2.31. The lowest BCUT2D eigenvalue weighted by Gasteiger charge is -2.18. The summed E-state index contributed by atoms with van der Waals surface area (Å²) in [5.74, 6) is 1.07. The molecule has 1 aliphatic rings. The predicted octanol–water partition coefficient (Wildman–Crippen LogP) is 2.93. The van der Waals surface area contributed by atoms with Crippen molar-refractivity contribution in [3.8, 4) is 5.75 Å². The highest BCUT2D eigenvalue weighted by atomic mass is 79.9. The van der Waals surface area contributed by atoms with Crippen LogP contribution in [0.1, 0.15) is 12.1 Å². The summed E-state index contributed by atoms with van der Waals surface area (Å²) in [6.07, 6.45) is 4.93. The molecule has 3 aromatic heterocycles. The third-order valence-corrected chi connectivity index (χ3v) is 7.41. The Kier molecular flexibility index (Phi) is 5.60. The van der Waals surface area contributed by atoms with Crippen LogP contribution < -0.4 is 10.1 Å². The van der Waals surface area contributed by atoms with Crippen molar-refractivity contribution in [1.82, 2.24) is 23.8 Å². The van der Waals surface area contributed by atoms with Crippen LogP contribution in [0.25, 0.3) is 0 Å². The Morgan fingerprint density at radius 2 is 2.21 bits per heavy atom. The number of ether oxygens (including phenoxy) is 1. The second-order valence-corrected chi connectivity index (χ2v) is 10.3. The van der Waals surface area contributed by atoms with Crippen molar-refractivity contribution in [3.63, 3.8) is 0 Å². The monoisotopic (exact) mass is 498 g/mol. The Hall–Kier alpha value is -2.02. The number of nitrogens with zero attached hydrogens (tertiary/aromatic N) is 5. The normalized spacial score (nSPS) is 17.6. The van der Waals surface area contributed by atoms with E-state index in [1.165, 1.54) is 28.2 Å². The molecule has 1 unspecified atom stereocenters. The third kappa shape index (κ3) is 4.44. The fourth-order valence-electron chi connectivity index (χ4n) is 2.96. The number of hydrogen-bond acceptors (Lipinski definition) is 8. The van der Waals surface area contributed by atoms with Crippen molar-refractivity contribution in [3.05, 3.63) is 40.3 Å². The molecule has 1 saturated heterocycles. The molecule has 3 aromatic rings. The highest BCUT2D eigenvalue weighted by molar-refractivity contribution is 9.10. The molecule has 0 bridgehead atoms. The first-order valence-corrected chi connectivity index (χ1v) is 11.9. The summed E-state index contributed by atoms with van der Waals surface area (Å²) < 4.78 is 35.4. The van der Waals surface area contributed by atoms with Crippen LogP contribution in [-0.4, -0.2) is 51.4 Å². The average molecular weight is 499 g/mol. The molecule has 0 aromatic carbocycles. The van der Waals surface area contributed by atoms with Gasteiger partial charge in [-0.2, -0.15) is 4.31 Å². The Labute approximate surface area is 180 Å². The first-order valence-electron chi connectivity index (χ1n) is 8.81. The minimum Gasteiger partial charge on any atom is -0.485 e. The summed E-state index contributed by atoms with van der Waals surface area (Å²) in [4.78, 5) is 12.7. The van der Waals surface area contributed by atoms with Gasteiger partial charge in [0.05, 0.1) is 18.6 Å². The van der Waals surface area contributed by atoms with E-state index in [2.05, 4.69) is 36.2 Å². The molecule has 1 atom stereocenters. The van der Waals surface area contributed by atoms with E-state index in [4.69, 9.17) is 4.74 Å². The highest BCUT2D eigenvalue weighted by Gasteiger charge is 2.35. The van der Waals surface area contributed by atoms with Crippen LogP contribution in [0.4, 0.5) is 10.9 Å². The molecule has 0 saturated carbocycles. The van der Waals surface area contributed by atoms with E-state index in [0.29, 0.717) is 29.7 Å². The maximum atomic E-state index is 12.8. The van der Waals surface area contributed by atoms with E-state index in [1.807, 2.05) is 18.4 Å². The van der Waals surface area contributed by atoms with Crippen molar-refractivity contribution in [2.24, 2.45) is 7.05 Å². The highest BCUT2D eigenvalue weighted by Crippen LogP contribution is 2.32. The summed E-state index contributed by atoms with van der Waals surface area (Å²) >= 11 is 4.89. The molecule has 1 aliphatic heterocycles. The van der Waals surface area contributed by atoms with Crippen molar-refractivity contribution in [1.29, 1.82) is 0 Å². The maximum absolute atomic E-state index is 12.8.